The number of benzene rings is 1. The predicted octanol–water partition coefficient (Wildman–Crippen LogP) is 1.95. The SMILES string of the molecule is COc1cc2ncc3c(N)nc(N4CC[C@H](O)C4)cc3c2cc1OC. The number of nitrogens with zero attached hydrogens (tertiary/aromatic N) is 3. The molecule has 1 atom stereocenters. The minimum atomic E-state index is -0.322. The van der Waals surface area contributed by atoms with E-state index in [2.05, 4.69) is 9.97 Å². The molecule has 7 heteroatoms. The molecule has 0 amide bonds. The van der Waals surface area contributed by atoms with Crippen LogP contribution in [0, 0.1) is 0 Å². The van der Waals surface area contributed by atoms with Crippen LogP contribution in [0.5, 0.6) is 11.5 Å². The first kappa shape index (κ1) is 15.7. The maximum absolute atomic E-state index is 9.80. The lowest BCUT2D eigenvalue weighted by Gasteiger charge is -2.18. The van der Waals surface area contributed by atoms with Crippen LogP contribution in [-0.4, -0.2) is 48.5 Å². The van der Waals surface area contributed by atoms with Crippen LogP contribution in [0.3, 0.4) is 0 Å². The Bertz CT molecular complexity index is 960. The zero-order valence-corrected chi connectivity index (χ0v) is 14.2. The van der Waals surface area contributed by atoms with Crippen LogP contribution in [0.4, 0.5) is 11.6 Å². The van der Waals surface area contributed by atoms with Crippen LogP contribution in [-0.2, 0) is 0 Å². The lowest BCUT2D eigenvalue weighted by Crippen LogP contribution is -2.22. The highest BCUT2D eigenvalue weighted by molar-refractivity contribution is 6.10. The molecule has 0 saturated carbocycles. The number of anilines is 2. The molecular formula is C18H20N4O3. The molecule has 1 aromatic carbocycles. The summed E-state index contributed by atoms with van der Waals surface area (Å²) in [6.07, 6.45) is 2.15. The fourth-order valence-electron chi connectivity index (χ4n) is 3.36. The van der Waals surface area contributed by atoms with Gasteiger partial charge in [-0.1, -0.05) is 0 Å². The van der Waals surface area contributed by atoms with Crippen molar-refractivity contribution in [2.75, 3.05) is 37.9 Å². The first-order valence-corrected chi connectivity index (χ1v) is 8.14. The molecule has 0 aliphatic carbocycles. The Kier molecular flexibility index (Phi) is 3.73. The molecule has 0 spiro atoms. The number of hydrogen-bond donors (Lipinski definition) is 2. The molecule has 2 aromatic heterocycles. The Hall–Kier alpha value is -2.80. The largest absolute Gasteiger partial charge is 0.493 e. The average molecular weight is 340 g/mol. The van der Waals surface area contributed by atoms with Crippen molar-refractivity contribution in [2.24, 2.45) is 0 Å². The molecule has 0 radical (unpaired) electrons. The third-order valence-corrected chi connectivity index (χ3v) is 4.69. The van der Waals surface area contributed by atoms with Crippen LogP contribution < -0.4 is 20.1 Å². The second-order valence-corrected chi connectivity index (χ2v) is 6.20. The van der Waals surface area contributed by atoms with Crippen molar-refractivity contribution < 1.29 is 14.6 Å². The molecule has 1 fully saturated rings. The number of aromatic nitrogens is 2. The van der Waals surface area contributed by atoms with Gasteiger partial charge in [0.25, 0.3) is 0 Å². The number of aliphatic hydroxyl groups excluding tert-OH is 1. The van der Waals surface area contributed by atoms with Crippen molar-refractivity contribution >= 4 is 33.3 Å². The third kappa shape index (κ3) is 2.56. The van der Waals surface area contributed by atoms with E-state index < -0.39 is 0 Å². The van der Waals surface area contributed by atoms with Gasteiger partial charge in [-0.2, -0.15) is 0 Å². The van der Waals surface area contributed by atoms with Crippen molar-refractivity contribution in [3.8, 4) is 11.5 Å². The summed E-state index contributed by atoms with van der Waals surface area (Å²) < 4.78 is 10.8. The molecule has 130 valence electrons. The van der Waals surface area contributed by atoms with Gasteiger partial charge in [0.05, 0.1) is 25.8 Å². The maximum Gasteiger partial charge on any atom is 0.162 e. The molecule has 4 rings (SSSR count). The Morgan fingerprint density at radius 2 is 1.88 bits per heavy atom. The molecule has 25 heavy (non-hydrogen) atoms. The first-order valence-electron chi connectivity index (χ1n) is 8.14. The summed E-state index contributed by atoms with van der Waals surface area (Å²) in [7, 11) is 3.21. The highest BCUT2D eigenvalue weighted by Crippen LogP contribution is 2.37. The monoisotopic (exact) mass is 340 g/mol. The summed E-state index contributed by atoms with van der Waals surface area (Å²) in [5.74, 6) is 2.46. The number of methoxy groups -OCH3 is 2. The van der Waals surface area contributed by atoms with Gasteiger partial charge < -0.3 is 25.2 Å². The topological polar surface area (TPSA) is 93.7 Å². The number of nitrogens with two attached hydrogens (primary N) is 1. The van der Waals surface area contributed by atoms with E-state index in [4.69, 9.17) is 15.2 Å². The molecule has 1 aliphatic rings. The number of aliphatic hydroxyl groups is 1. The van der Waals surface area contributed by atoms with Gasteiger partial charge in [0.15, 0.2) is 11.5 Å². The summed E-state index contributed by atoms with van der Waals surface area (Å²) in [5.41, 5.74) is 6.98. The molecule has 0 unspecified atom stereocenters. The Morgan fingerprint density at radius 1 is 1.12 bits per heavy atom. The van der Waals surface area contributed by atoms with Crippen molar-refractivity contribution in [3.63, 3.8) is 0 Å². The number of fused-ring (bicyclic) bond motifs is 3. The lowest BCUT2D eigenvalue weighted by atomic mass is 10.1. The second kappa shape index (κ2) is 5.93. The highest BCUT2D eigenvalue weighted by atomic mass is 16.5. The predicted molar refractivity (Wildman–Crippen MR) is 97.4 cm³/mol. The smallest absolute Gasteiger partial charge is 0.162 e. The number of rotatable bonds is 3. The average Bonchev–Trinajstić information content (AvgIpc) is 3.06. The minimum absolute atomic E-state index is 0.322. The van der Waals surface area contributed by atoms with E-state index in [0.29, 0.717) is 23.9 Å². The molecule has 3 heterocycles. The van der Waals surface area contributed by atoms with E-state index in [0.717, 1.165) is 40.5 Å². The molecule has 1 aliphatic heterocycles. The maximum atomic E-state index is 9.80. The number of hydrogen-bond acceptors (Lipinski definition) is 7. The van der Waals surface area contributed by atoms with Gasteiger partial charge in [0.1, 0.15) is 11.6 Å². The number of β-amino-alcohol motifs (C(OH)–C–C–N with tert-alkyl or cyclic N) is 1. The Labute approximate surface area is 145 Å². The van der Waals surface area contributed by atoms with Crippen molar-refractivity contribution in [1.29, 1.82) is 0 Å². The zero-order chi connectivity index (χ0) is 17.6. The van der Waals surface area contributed by atoms with Gasteiger partial charge >= 0.3 is 0 Å². The summed E-state index contributed by atoms with van der Waals surface area (Å²) in [4.78, 5) is 11.0. The number of ether oxygens (including phenoxy) is 2. The second-order valence-electron chi connectivity index (χ2n) is 6.20. The van der Waals surface area contributed by atoms with Crippen LogP contribution in [0.1, 0.15) is 6.42 Å². The fraction of sp³-hybridized carbons (Fsp3) is 0.333. The number of nitrogen functional groups attached to an aromatic ring is 1. The van der Waals surface area contributed by atoms with Gasteiger partial charge in [-0.25, -0.2) is 4.98 Å². The molecule has 3 N–H and O–H groups in total. The molecular weight excluding hydrogens is 320 g/mol. The van der Waals surface area contributed by atoms with Gasteiger partial charge in [-0.15, -0.1) is 0 Å². The van der Waals surface area contributed by atoms with E-state index in [1.54, 1.807) is 20.4 Å². The van der Waals surface area contributed by atoms with Crippen LogP contribution in [0.2, 0.25) is 0 Å². The van der Waals surface area contributed by atoms with Crippen LogP contribution in [0.15, 0.2) is 24.4 Å². The van der Waals surface area contributed by atoms with Gasteiger partial charge in [-0.05, 0) is 18.6 Å². The Morgan fingerprint density at radius 3 is 2.56 bits per heavy atom. The van der Waals surface area contributed by atoms with E-state index in [-0.39, 0.29) is 6.10 Å². The fourth-order valence-corrected chi connectivity index (χ4v) is 3.36. The van der Waals surface area contributed by atoms with Gasteiger partial charge in [-0.3, -0.25) is 4.98 Å². The number of pyridine rings is 2. The van der Waals surface area contributed by atoms with Gasteiger partial charge in [0.2, 0.25) is 0 Å². The van der Waals surface area contributed by atoms with Crippen molar-refractivity contribution in [2.45, 2.75) is 12.5 Å². The summed E-state index contributed by atoms with van der Waals surface area (Å²) in [5, 5.41) is 12.5. The summed E-state index contributed by atoms with van der Waals surface area (Å²) in [6.45, 7) is 1.33. The standard InChI is InChI=1S/C18H20N4O3/c1-24-15-5-12-11-6-17(22-4-3-10(23)9-22)21-18(19)13(11)8-20-14(12)7-16(15)25-2/h5-8,10,23H,3-4,9H2,1-2H3,(H2,19,21)/t10-/m0/s1. The van der Waals surface area contributed by atoms with E-state index in [1.165, 1.54) is 0 Å². The zero-order valence-electron chi connectivity index (χ0n) is 14.2. The highest BCUT2D eigenvalue weighted by Gasteiger charge is 2.22. The summed E-state index contributed by atoms with van der Waals surface area (Å²) in [6, 6.07) is 5.76. The third-order valence-electron chi connectivity index (χ3n) is 4.69. The Balaban J connectivity index is 1.96. The summed E-state index contributed by atoms with van der Waals surface area (Å²) >= 11 is 0. The van der Waals surface area contributed by atoms with Crippen LogP contribution in [0.25, 0.3) is 21.7 Å². The first-order chi connectivity index (χ1) is 12.1. The minimum Gasteiger partial charge on any atom is -0.493 e. The van der Waals surface area contributed by atoms with E-state index >= 15 is 0 Å². The molecule has 0 bridgehead atoms. The lowest BCUT2D eigenvalue weighted by molar-refractivity contribution is 0.198. The molecule has 3 aromatic rings. The van der Waals surface area contributed by atoms with Gasteiger partial charge in [0, 0.05) is 41.5 Å². The van der Waals surface area contributed by atoms with Crippen molar-refractivity contribution in [1.82, 2.24) is 9.97 Å². The normalized spacial score (nSPS) is 17.4. The molecule has 7 nitrogen and oxygen atoms in total. The molecule has 1 saturated heterocycles. The van der Waals surface area contributed by atoms with E-state index in [9.17, 15) is 5.11 Å². The van der Waals surface area contributed by atoms with Crippen molar-refractivity contribution in [3.05, 3.63) is 24.4 Å². The van der Waals surface area contributed by atoms with E-state index in [1.807, 2.05) is 23.1 Å². The quantitative estimate of drug-likeness (QED) is 0.704. The van der Waals surface area contributed by atoms with Crippen LogP contribution >= 0.6 is 0 Å².